The molecule has 0 bridgehead atoms. The van der Waals surface area contributed by atoms with Crippen LogP contribution in [0.3, 0.4) is 0 Å². The lowest BCUT2D eigenvalue weighted by atomic mass is 10.0. The van der Waals surface area contributed by atoms with E-state index in [1.807, 2.05) is 17.9 Å². The van der Waals surface area contributed by atoms with E-state index < -0.39 is 0 Å². The molecule has 3 atom stereocenters. The van der Waals surface area contributed by atoms with Gasteiger partial charge in [0.1, 0.15) is 0 Å². The number of carbonyl (C=O) groups is 1. The van der Waals surface area contributed by atoms with Gasteiger partial charge in [0.25, 0.3) is 0 Å². The van der Waals surface area contributed by atoms with Crippen LogP contribution in [-0.2, 0) is 4.79 Å². The topological polar surface area (TPSA) is 46.3 Å². The summed E-state index contributed by atoms with van der Waals surface area (Å²) in [5, 5.41) is 3.98. The standard InChI is InChI=1S/C20H24N2O2/c1-12-6-7-15(9-13(12)2)16-11-17(16)20(23)22-8-4-5-18(22)19-10-14(3)21-24-19/h6-7,9-10,16-18H,4-5,8,11H2,1-3H3/t16-,17+,18+/m1/s1. The Morgan fingerprint density at radius 3 is 2.75 bits per heavy atom. The highest BCUT2D eigenvalue weighted by Gasteiger charge is 2.48. The van der Waals surface area contributed by atoms with Crippen molar-refractivity contribution in [2.75, 3.05) is 6.54 Å². The van der Waals surface area contributed by atoms with Gasteiger partial charge >= 0.3 is 0 Å². The molecule has 4 nitrogen and oxygen atoms in total. The number of likely N-dealkylation sites (tertiary alicyclic amines) is 1. The molecule has 1 aromatic heterocycles. The smallest absolute Gasteiger partial charge is 0.226 e. The van der Waals surface area contributed by atoms with E-state index in [0.717, 1.165) is 37.3 Å². The molecule has 0 spiro atoms. The molecule has 24 heavy (non-hydrogen) atoms. The lowest BCUT2D eigenvalue weighted by Crippen LogP contribution is -2.32. The minimum atomic E-state index is 0.0692. The normalized spacial score (nSPS) is 26.0. The van der Waals surface area contributed by atoms with Crippen LogP contribution in [0.15, 0.2) is 28.8 Å². The highest BCUT2D eigenvalue weighted by Crippen LogP contribution is 2.50. The summed E-state index contributed by atoms with van der Waals surface area (Å²) in [6, 6.07) is 8.63. The van der Waals surface area contributed by atoms with Crippen molar-refractivity contribution < 1.29 is 9.32 Å². The first-order valence-electron chi connectivity index (χ1n) is 8.85. The van der Waals surface area contributed by atoms with E-state index in [1.165, 1.54) is 16.7 Å². The summed E-state index contributed by atoms with van der Waals surface area (Å²) in [6.07, 6.45) is 2.98. The molecule has 1 saturated carbocycles. The summed E-state index contributed by atoms with van der Waals surface area (Å²) in [7, 11) is 0. The predicted octanol–water partition coefficient (Wildman–Crippen LogP) is 4.07. The van der Waals surface area contributed by atoms with Crippen molar-refractivity contribution in [2.24, 2.45) is 5.92 Å². The molecular formula is C20H24N2O2. The van der Waals surface area contributed by atoms with Crippen LogP contribution in [0.5, 0.6) is 0 Å². The van der Waals surface area contributed by atoms with Gasteiger partial charge in [-0.2, -0.15) is 0 Å². The van der Waals surface area contributed by atoms with Crippen molar-refractivity contribution in [3.05, 3.63) is 52.4 Å². The van der Waals surface area contributed by atoms with E-state index in [9.17, 15) is 4.79 Å². The molecule has 2 aliphatic rings. The molecule has 1 saturated heterocycles. The van der Waals surface area contributed by atoms with Gasteiger partial charge in [-0.25, -0.2) is 0 Å². The Balaban J connectivity index is 1.49. The van der Waals surface area contributed by atoms with Gasteiger partial charge in [-0.3, -0.25) is 4.79 Å². The van der Waals surface area contributed by atoms with Crippen molar-refractivity contribution in [3.8, 4) is 0 Å². The summed E-state index contributed by atoms with van der Waals surface area (Å²) >= 11 is 0. The Morgan fingerprint density at radius 2 is 2.04 bits per heavy atom. The molecule has 1 aliphatic heterocycles. The molecule has 4 heteroatoms. The molecule has 1 aliphatic carbocycles. The molecule has 126 valence electrons. The lowest BCUT2D eigenvalue weighted by molar-refractivity contribution is -0.134. The minimum Gasteiger partial charge on any atom is -0.359 e. The van der Waals surface area contributed by atoms with Gasteiger partial charge in [0.05, 0.1) is 11.7 Å². The summed E-state index contributed by atoms with van der Waals surface area (Å²) < 4.78 is 5.43. The number of hydrogen-bond acceptors (Lipinski definition) is 3. The SMILES string of the molecule is Cc1cc([C@@H]2CCCN2C(=O)[C@H]2C[C@@H]2c2ccc(C)c(C)c2)on1. The Bertz CT molecular complexity index is 780. The fourth-order valence-electron chi connectivity index (χ4n) is 3.91. The second-order valence-electron chi connectivity index (χ2n) is 7.35. The van der Waals surface area contributed by atoms with Crippen molar-refractivity contribution in [1.82, 2.24) is 10.1 Å². The number of aryl methyl sites for hydroxylation is 3. The van der Waals surface area contributed by atoms with E-state index in [0.29, 0.717) is 5.92 Å². The molecule has 0 radical (unpaired) electrons. The van der Waals surface area contributed by atoms with Crippen molar-refractivity contribution in [1.29, 1.82) is 0 Å². The first-order valence-corrected chi connectivity index (χ1v) is 8.85. The molecule has 1 aromatic carbocycles. The highest BCUT2D eigenvalue weighted by molar-refractivity contribution is 5.83. The van der Waals surface area contributed by atoms with Crippen LogP contribution in [0.4, 0.5) is 0 Å². The zero-order valence-corrected chi connectivity index (χ0v) is 14.6. The van der Waals surface area contributed by atoms with Crippen molar-refractivity contribution in [3.63, 3.8) is 0 Å². The molecule has 2 heterocycles. The minimum absolute atomic E-state index is 0.0692. The van der Waals surface area contributed by atoms with E-state index >= 15 is 0 Å². The predicted molar refractivity (Wildman–Crippen MR) is 91.7 cm³/mol. The van der Waals surface area contributed by atoms with Gasteiger partial charge in [-0.1, -0.05) is 23.4 Å². The van der Waals surface area contributed by atoms with Gasteiger partial charge in [-0.15, -0.1) is 0 Å². The molecule has 4 rings (SSSR count). The summed E-state index contributed by atoms with van der Waals surface area (Å²) in [6.45, 7) is 7.02. The van der Waals surface area contributed by atoms with Crippen molar-refractivity contribution in [2.45, 2.75) is 52.0 Å². The van der Waals surface area contributed by atoms with E-state index in [2.05, 4.69) is 37.2 Å². The first kappa shape index (κ1) is 15.4. The van der Waals surface area contributed by atoms with Crippen molar-refractivity contribution >= 4 is 5.91 Å². The molecular weight excluding hydrogens is 300 g/mol. The molecule has 2 aromatic rings. The average molecular weight is 324 g/mol. The molecule has 0 unspecified atom stereocenters. The maximum atomic E-state index is 13.0. The van der Waals surface area contributed by atoms with Gasteiger partial charge in [0.15, 0.2) is 5.76 Å². The van der Waals surface area contributed by atoms with Crippen LogP contribution in [0.25, 0.3) is 0 Å². The Labute approximate surface area is 142 Å². The van der Waals surface area contributed by atoms with E-state index in [-0.39, 0.29) is 17.9 Å². The van der Waals surface area contributed by atoms with Crippen LogP contribution in [0.2, 0.25) is 0 Å². The number of carbonyl (C=O) groups excluding carboxylic acids is 1. The number of amides is 1. The maximum Gasteiger partial charge on any atom is 0.226 e. The fraction of sp³-hybridized carbons (Fsp3) is 0.500. The summed E-state index contributed by atoms with van der Waals surface area (Å²) in [4.78, 5) is 15.0. The fourth-order valence-corrected chi connectivity index (χ4v) is 3.91. The van der Waals surface area contributed by atoms with Crippen LogP contribution in [-0.4, -0.2) is 22.5 Å². The number of benzene rings is 1. The number of nitrogens with zero attached hydrogens (tertiary/aromatic N) is 2. The second kappa shape index (κ2) is 5.76. The largest absolute Gasteiger partial charge is 0.359 e. The lowest BCUT2D eigenvalue weighted by Gasteiger charge is -2.23. The highest BCUT2D eigenvalue weighted by atomic mass is 16.5. The number of hydrogen-bond donors (Lipinski definition) is 0. The molecule has 1 amide bonds. The quantitative estimate of drug-likeness (QED) is 0.855. The van der Waals surface area contributed by atoms with E-state index in [1.54, 1.807) is 0 Å². The zero-order valence-electron chi connectivity index (χ0n) is 14.6. The van der Waals surface area contributed by atoms with Gasteiger partial charge in [0, 0.05) is 18.5 Å². The molecule has 0 N–H and O–H groups in total. The van der Waals surface area contributed by atoms with Gasteiger partial charge in [0.2, 0.25) is 5.91 Å². The third kappa shape index (κ3) is 2.64. The third-order valence-corrected chi connectivity index (χ3v) is 5.58. The van der Waals surface area contributed by atoms with Crippen LogP contribution >= 0.6 is 0 Å². The van der Waals surface area contributed by atoms with Crippen LogP contribution in [0.1, 0.15) is 59.4 Å². The average Bonchev–Trinajstić information content (AvgIpc) is 2.99. The monoisotopic (exact) mass is 324 g/mol. The van der Waals surface area contributed by atoms with Gasteiger partial charge in [-0.05, 0) is 62.6 Å². The number of rotatable bonds is 3. The maximum absolute atomic E-state index is 13.0. The Hall–Kier alpha value is -2.10. The Kier molecular flexibility index (Phi) is 3.70. The van der Waals surface area contributed by atoms with E-state index in [4.69, 9.17) is 4.52 Å². The van der Waals surface area contributed by atoms with Crippen LogP contribution < -0.4 is 0 Å². The molecule has 2 fully saturated rings. The summed E-state index contributed by atoms with van der Waals surface area (Å²) in [5.74, 6) is 1.64. The second-order valence-corrected chi connectivity index (χ2v) is 7.35. The Morgan fingerprint density at radius 1 is 1.21 bits per heavy atom. The van der Waals surface area contributed by atoms with Gasteiger partial charge < -0.3 is 9.42 Å². The summed E-state index contributed by atoms with van der Waals surface area (Å²) in [5.41, 5.74) is 4.80. The zero-order chi connectivity index (χ0) is 16.8. The first-order chi connectivity index (χ1) is 11.5. The van der Waals surface area contributed by atoms with Crippen LogP contribution in [0, 0.1) is 26.7 Å². The number of aromatic nitrogens is 1. The third-order valence-electron chi connectivity index (χ3n) is 5.58.